The van der Waals surface area contributed by atoms with Crippen LogP contribution in [0.3, 0.4) is 0 Å². The van der Waals surface area contributed by atoms with Gasteiger partial charge in [0.05, 0.1) is 16.3 Å². The summed E-state index contributed by atoms with van der Waals surface area (Å²) in [5.41, 5.74) is 0.957. The van der Waals surface area contributed by atoms with Crippen LogP contribution < -0.4 is 5.32 Å². The number of nitrogens with zero attached hydrogens (tertiary/aromatic N) is 1. The topological polar surface area (TPSA) is 24.9 Å². The zero-order valence-corrected chi connectivity index (χ0v) is 10.6. The molecular weight excluding hydrogens is 254 g/mol. The van der Waals surface area contributed by atoms with E-state index in [0.29, 0.717) is 19.4 Å². The number of aromatic nitrogens is 1. The molecule has 1 fully saturated rings. The molecule has 0 bridgehead atoms. The van der Waals surface area contributed by atoms with Crippen molar-refractivity contribution in [3.63, 3.8) is 0 Å². The van der Waals surface area contributed by atoms with Crippen LogP contribution in [0.5, 0.6) is 0 Å². The van der Waals surface area contributed by atoms with Crippen LogP contribution >= 0.6 is 11.3 Å². The van der Waals surface area contributed by atoms with Gasteiger partial charge in [-0.25, -0.2) is 13.8 Å². The molecule has 1 N–H and O–H groups in total. The van der Waals surface area contributed by atoms with E-state index in [1.54, 1.807) is 11.3 Å². The summed E-state index contributed by atoms with van der Waals surface area (Å²) >= 11 is 1.60. The Morgan fingerprint density at radius 3 is 2.94 bits per heavy atom. The third kappa shape index (κ3) is 2.24. The van der Waals surface area contributed by atoms with E-state index in [1.165, 1.54) is 0 Å². The highest BCUT2D eigenvalue weighted by Gasteiger charge is 2.30. The van der Waals surface area contributed by atoms with Crippen LogP contribution in [-0.4, -0.2) is 18.0 Å². The fraction of sp³-hybridized carbons (Fsp3) is 0.462. The van der Waals surface area contributed by atoms with Crippen molar-refractivity contribution in [3.8, 4) is 0 Å². The van der Waals surface area contributed by atoms with E-state index >= 15 is 0 Å². The summed E-state index contributed by atoms with van der Waals surface area (Å²) in [7, 11) is 0. The first kappa shape index (κ1) is 12.0. The fourth-order valence-corrected chi connectivity index (χ4v) is 3.46. The highest BCUT2D eigenvalue weighted by atomic mass is 32.1. The second-order valence-corrected chi connectivity index (χ2v) is 5.71. The molecule has 0 aliphatic carbocycles. The van der Waals surface area contributed by atoms with E-state index < -0.39 is 12.3 Å². The van der Waals surface area contributed by atoms with Crippen molar-refractivity contribution in [1.29, 1.82) is 0 Å². The van der Waals surface area contributed by atoms with Crippen LogP contribution in [-0.2, 0) is 0 Å². The van der Waals surface area contributed by atoms with E-state index in [4.69, 9.17) is 0 Å². The lowest BCUT2D eigenvalue weighted by Crippen LogP contribution is -2.34. The number of para-hydroxylation sites is 1. The predicted molar refractivity (Wildman–Crippen MR) is 69.1 cm³/mol. The first-order chi connectivity index (χ1) is 8.74. The van der Waals surface area contributed by atoms with Crippen molar-refractivity contribution in [2.45, 2.75) is 25.3 Å². The number of benzene rings is 1. The van der Waals surface area contributed by atoms with Gasteiger partial charge < -0.3 is 5.32 Å². The molecule has 18 heavy (non-hydrogen) atoms. The number of hydrogen-bond acceptors (Lipinski definition) is 3. The number of rotatable bonds is 2. The van der Waals surface area contributed by atoms with Gasteiger partial charge in [0.2, 0.25) is 6.43 Å². The summed E-state index contributed by atoms with van der Waals surface area (Å²) in [4.78, 5) is 4.54. The number of hydrogen-bond donors (Lipinski definition) is 1. The third-order valence-corrected chi connectivity index (χ3v) is 4.56. The molecule has 2 aromatic rings. The number of nitrogens with one attached hydrogen (secondary N) is 1. The summed E-state index contributed by atoms with van der Waals surface area (Å²) in [6.07, 6.45) is -1.18. The molecule has 1 aromatic carbocycles. The minimum absolute atomic E-state index is 0.0184. The number of halogens is 2. The molecule has 5 heteroatoms. The summed E-state index contributed by atoms with van der Waals surface area (Å²) < 4.78 is 26.7. The van der Waals surface area contributed by atoms with Crippen LogP contribution in [0.2, 0.25) is 0 Å². The van der Waals surface area contributed by atoms with Crippen LogP contribution in [0.4, 0.5) is 8.78 Å². The van der Waals surface area contributed by atoms with Gasteiger partial charge in [0, 0.05) is 5.92 Å². The zero-order chi connectivity index (χ0) is 12.5. The maximum atomic E-state index is 12.8. The van der Waals surface area contributed by atoms with Crippen LogP contribution in [0.1, 0.15) is 23.9 Å². The van der Waals surface area contributed by atoms with Gasteiger partial charge in [-0.15, -0.1) is 11.3 Å². The Morgan fingerprint density at radius 2 is 2.17 bits per heavy atom. The molecule has 1 aliphatic heterocycles. The monoisotopic (exact) mass is 268 g/mol. The van der Waals surface area contributed by atoms with Crippen molar-refractivity contribution >= 4 is 21.6 Å². The molecule has 3 rings (SSSR count). The number of thiazole rings is 1. The van der Waals surface area contributed by atoms with Crippen molar-refractivity contribution in [2.75, 3.05) is 6.54 Å². The van der Waals surface area contributed by atoms with Gasteiger partial charge in [0.1, 0.15) is 5.01 Å². The van der Waals surface area contributed by atoms with E-state index in [9.17, 15) is 8.78 Å². The van der Waals surface area contributed by atoms with Crippen LogP contribution in [0.25, 0.3) is 10.2 Å². The molecule has 2 unspecified atom stereocenters. The van der Waals surface area contributed by atoms with E-state index in [1.807, 2.05) is 24.3 Å². The summed E-state index contributed by atoms with van der Waals surface area (Å²) in [5, 5.41) is 4.23. The average molecular weight is 268 g/mol. The van der Waals surface area contributed by atoms with Gasteiger partial charge >= 0.3 is 0 Å². The van der Waals surface area contributed by atoms with Gasteiger partial charge in [0.15, 0.2) is 0 Å². The maximum absolute atomic E-state index is 12.8. The lowest BCUT2D eigenvalue weighted by atomic mass is 9.93. The van der Waals surface area contributed by atoms with Gasteiger partial charge in [-0.1, -0.05) is 12.1 Å². The van der Waals surface area contributed by atoms with E-state index in [0.717, 1.165) is 15.2 Å². The Hall–Kier alpha value is -1.07. The first-order valence-electron chi connectivity index (χ1n) is 6.11. The largest absolute Gasteiger partial charge is 0.308 e. The third-order valence-electron chi connectivity index (χ3n) is 3.41. The SMILES string of the molecule is FC(F)C1CCNC(c2nc3ccccc3s2)C1. The average Bonchev–Trinajstić information content (AvgIpc) is 2.82. The Balaban J connectivity index is 1.85. The number of alkyl halides is 2. The van der Waals surface area contributed by atoms with Gasteiger partial charge in [-0.2, -0.15) is 0 Å². The van der Waals surface area contributed by atoms with Crippen molar-refractivity contribution in [2.24, 2.45) is 5.92 Å². The molecule has 2 heterocycles. The smallest absolute Gasteiger partial charge is 0.241 e. The molecular formula is C13H14F2N2S. The van der Waals surface area contributed by atoms with Crippen LogP contribution in [0, 0.1) is 5.92 Å². The molecule has 2 nitrogen and oxygen atoms in total. The second-order valence-electron chi connectivity index (χ2n) is 4.65. The minimum atomic E-state index is -2.22. The molecule has 0 spiro atoms. The van der Waals surface area contributed by atoms with E-state index in [2.05, 4.69) is 10.3 Å². The highest BCUT2D eigenvalue weighted by Crippen LogP contribution is 2.34. The lowest BCUT2D eigenvalue weighted by Gasteiger charge is -2.28. The van der Waals surface area contributed by atoms with Crippen molar-refractivity contribution < 1.29 is 8.78 Å². The quantitative estimate of drug-likeness (QED) is 0.900. The fourth-order valence-electron chi connectivity index (χ4n) is 2.40. The predicted octanol–water partition coefficient (Wildman–Crippen LogP) is 3.60. The Labute approximate surface area is 108 Å². The Morgan fingerprint density at radius 1 is 1.33 bits per heavy atom. The van der Waals surface area contributed by atoms with E-state index in [-0.39, 0.29) is 6.04 Å². The van der Waals surface area contributed by atoms with Crippen molar-refractivity contribution in [3.05, 3.63) is 29.3 Å². The molecule has 96 valence electrons. The summed E-state index contributed by atoms with van der Waals surface area (Å²) in [6, 6.07) is 7.88. The molecule has 1 aliphatic rings. The maximum Gasteiger partial charge on any atom is 0.241 e. The van der Waals surface area contributed by atoms with Gasteiger partial charge in [-0.05, 0) is 31.5 Å². The van der Waals surface area contributed by atoms with Crippen LogP contribution in [0.15, 0.2) is 24.3 Å². The van der Waals surface area contributed by atoms with Gasteiger partial charge in [0.25, 0.3) is 0 Å². The second kappa shape index (κ2) is 4.90. The molecule has 0 radical (unpaired) electrons. The normalized spacial score (nSPS) is 24.8. The highest BCUT2D eigenvalue weighted by molar-refractivity contribution is 7.18. The number of piperidine rings is 1. The lowest BCUT2D eigenvalue weighted by molar-refractivity contribution is 0.0500. The first-order valence-corrected chi connectivity index (χ1v) is 6.92. The molecule has 2 atom stereocenters. The molecule has 0 amide bonds. The number of fused-ring (bicyclic) bond motifs is 1. The molecule has 0 saturated carbocycles. The zero-order valence-electron chi connectivity index (χ0n) is 9.77. The Bertz CT molecular complexity index is 508. The minimum Gasteiger partial charge on any atom is -0.308 e. The standard InChI is InChI=1S/C13H14F2N2S/c14-12(15)8-5-6-16-10(7-8)13-17-9-3-1-2-4-11(9)18-13/h1-4,8,10,12,16H,5-7H2. The van der Waals surface area contributed by atoms with Crippen molar-refractivity contribution in [1.82, 2.24) is 10.3 Å². The Kier molecular flexibility index (Phi) is 3.26. The molecule has 1 aromatic heterocycles. The van der Waals surface area contributed by atoms with Gasteiger partial charge in [-0.3, -0.25) is 0 Å². The summed E-state index contributed by atoms with van der Waals surface area (Å²) in [5.74, 6) is -0.497. The summed E-state index contributed by atoms with van der Waals surface area (Å²) in [6.45, 7) is 0.648. The molecule has 1 saturated heterocycles.